The first-order valence-electron chi connectivity index (χ1n) is 7.99. The normalized spacial score (nSPS) is 12.2. The van der Waals surface area contributed by atoms with E-state index >= 15 is 0 Å². The number of phenols is 1. The van der Waals surface area contributed by atoms with Gasteiger partial charge in [0.25, 0.3) is 5.91 Å². The molecule has 0 heterocycles. The number of aromatic hydroxyl groups is 1. The van der Waals surface area contributed by atoms with E-state index in [0.29, 0.717) is 5.56 Å². The van der Waals surface area contributed by atoms with Gasteiger partial charge in [-0.25, -0.2) is 5.43 Å². The van der Waals surface area contributed by atoms with E-state index in [1.807, 2.05) is 42.5 Å². The van der Waals surface area contributed by atoms with Gasteiger partial charge in [0.05, 0.1) is 6.21 Å². The third-order valence-electron chi connectivity index (χ3n) is 3.78. The maximum atomic E-state index is 12.1. The van der Waals surface area contributed by atoms with E-state index in [1.54, 1.807) is 31.2 Å². The van der Waals surface area contributed by atoms with Crippen molar-refractivity contribution < 1.29 is 9.90 Å². The maximum absolute atomic E-state index is 12.1. The number of fused-ring (bicyclic) bond motifs is 1. The second kappa shape index (κ2) is 7.49. The molecule has 0 aliphatic carbocycles. The van der Waals surface area contributed by atoms with Gasteiger partial charge in [0.2, 0.25) is 0 Å². The largest absolute Gasteiger partial charge is 0.508 e. The highest BCUT2D eigenvalue weighted by molar-refractivity contribution is 5.89. The van der Waals surface area contributed by atoms with Gasteiger partial charge < -0.3 is 10.4 Å². The van der Waals surface area contributed by atoms with E-state index in [0.717, 1.165) is 16.5 Å². The van der Waals surface area contributed by atoms with Crippen LogP contribution in [0.25, 0.3) is 10.8 Å². The number of hydrazone groups is 1. The van der Waals surface area contributed by atoms with Crippen LogP contribution in [0.15, 0.2) is 71.8 Å². The summed E-state index contributed by atoms with van der Waals surface area (Å²) in [4.78, 5) is 12.1. The van der Waals surface area contributed by atoms with Gasteiger partial charge >= 0.3 is 0 Å². The second-order valence-corrected chi connectivity index (χ2v) is 5.76. The molecular formula is C20H19N3O2. The maximum Gasteiger partial charge on any atom is 0.262 e. The van der Waals surface area contributed by atoms with Gasteiger partial charge in [0, 0.05) is 5.69 Å². The van der Waals surface area contributed by atoms with Gasteiger partial charge in [0.15, 0.2) is 0 Å². The number of carbonyl (C=O) groups is 1. The molecule has 0 unspecified atom stereocenters. The zero-order chi connectivity index (χ0) is 17.6. The molecule has 0 bridgehead atoms. The van der Waals surface area contributed by atoms with Crippen LogP contribution in [-0.2, 0) is 4.79 Å². The molecule has 0 fully saturated rings. The first-order valence-corrected chi connectivity index (χ1v) is 7.99. The van der Waals surface area contributed by atoms with Crippen LogP contribution in [0.5, 0.6) is 5.75 Å². The summed E-state index contributed by atoms with van der Waals surface area (Å²) in [5.41, 5.74) is 4.07. The Morgan fingerprint density at radius 2 is 1.84 bits per heavy atom. The molecule has 3 N–H and O–H groups in total. The molecule has 0 radical (unpaired) electrons. The SMILES string of the molecule is C[C@@H](Nc1ccc2ccccc2c1)C(=O)N/N=C\c1cccc(O)c1. The highest BCUT2D eigenvalue weighted by Gasteiger charge is 2.11. The molecule has 126 valence electrons. The van der Waals surface area contributed by atoms with Gasteiger partial charge in [0.1, 0.15) is 11.8 Å². The Morgan fingerprint density at radius 1 is 1.04 bits per heavy atom. The molecule has 25 heavy (non-hydrogen) atoms. The first-order chi connectivity index (χ1) is 12.1. The number of nitrogens with zero attached hydrogens (tertiary/aromatic N) is 1. The predicted octanol–water partition coefficient (Wildman–Crippen LogP) is 3.50. The summed E-state index contributed by atoms with van der Waals surface area (Å²) in [7, 11) is 0. The second-order valence-electron chi connectivity index (χ2n) is 5.76. The number of anilines is 1. The molecule has 3 aromatic rings. The van der Waals surface area contributed by atoms with E-state index in [9.17, 15) is 9.90 Å². The number of amides is 1. The zero-order valence-corrected chi connectivity index (χ0v) is 13.8. The number of phenolic OH excluding ortho intramolecular Hbond substituents is 1. The van der Waals surface area contributed by atoms with Crippen molar-refractivity contribution >= 4 is 28.6 Å². The number of rotatable bonds is 5. The van der Waals surface area contributed by atoms with Gasteiger partial charge in [-0.3, -0.25) is 4.79 Å². The Hall–Kier alpha value is -3.34. The Morgan fingerprint density at radius 3 is 2.64 bits per heavy atom. The van der Waals surface area contributed by atoms with E-state index < -0.39 is 6.04 Å². The topological polar surface area (TPSA) is 73.7 Å². The molecule has 0 aromatic heterocycles. The van der Waals surface area contributed by atoms with E-state index in [-0.39, 0.29) is 11.7 Å². The number of nitrogens with one attached hydrogen (secondary N) is 2. The van der Waals surface area contributed by atoms with E-state index in [2.05, 4.69) is 15.8 Å². The van der Waals surface area contributed by atoms with Crippen molar-refractivity contribution in [2.75, 3.05) is 5.32 Å². The number of carbonyl (C=O) groups excluding carboxylic acids is 1. The summed E-state index contributed by atoms with van der Waals surface area (Å²) in [5, 5.41) is 18.7. The van der Waals surface area contributed by atoms with Crippen molar-refractivity contribution in [3.05, 3.63) is 72.3 Å². The lowest BCUT2D eigenvalue weighted by Crippen LogP contribution is -2.34. The quantitative estimate of drug-likeness (QED) is 0.494. The van der Waals surface area contributed by atoms with Crippen LogP contribution in [0.3, 0.4) is 0 Å². The van der Waals surface area contributed by atoms with Crippen molar-refractivity contribution in [3.63, 3.8) is 0 Å². The van der Waals surface area contributed by atoms with Crippen LogP contribution >= 0.6 is 0 Å². The summed E-state index contributed by atoms with van der Waals surface area (Å²) in [6.07, 6.45) is 1.49. The summed E-state index contributed by atoms with van der Waals surface area (Å²) in [6, 6.07) is 20.2. The van der Waals surface area contributed by atoms with Crippen LogP contribution in [-0.4, -0.2) is 23.3 Å². The van der Waals surface area contributed by atoms with Crippen molar-refractivity contribution in [1.82, 2.24) is 5.43 Å². The number of hydrogen-bond acceptors (Lipinski definition) is 4. The van der Waals surface area contributed by atoms with Crippen molar-refractivity contribution in [3.8, 4) is 5.75 Å². The summed E-state index contributed by atoms with van der Waals surface area (Å²) < 4.78 is 0. The first kappa shape index (κ1) is 16.5. The molecular weight excluding hydrogens is 314 g/mol. The zero-order valence-electron chi connectivity index (χ0n) is 13.8. The molecule has 0 saturated carbocycles. The molecule has 3 aromatic carbocycles. The highest BCUT2D eigenvalue weighted by atomic mass is 16.3. The fourth-order valence-corrected chi connectivity index (χ4v) is 2.47. The minimum Gasteiger partial charge on any atom is -0.508 e. The fourth-order valence-electron chi connectivity index (χ4n) is 2.47. The molecule has 0 aliphatic rings. The third kappa shape index (κ3) is 4.35. The molecule has 0 saturated heterocycles. The molecule has 5 heteroatoms. The average molecular weight is 333 g/mol. The molecule has 1 atom stereocenters. The van der Waals surface area contributed by atoms with Crippen LogP contribution in [0, 0.1) is 0 Å². The van der Waals surface area contributed by atoms with Crippen LogP contribution < -0.4 is 10.7 Å². The summed E-state index contributed by atoms with van der Waals surface area (Å²) in [5.74, 6) is -0.0915. The smallest absolute Gasteiger partial charge is 0.262 e. The summed E-state index contributed by atoms with van der Waals surface area (Å²) in [6.45, 7) is 1.77. The minimum absolute atomic E-state index is 0.154. The minimum atomic E-state index is -0.442. The van der Waals surface area contributed by atoms with Gasteiger partial charge in [-0.1, -0.05) is 42.5 Å². The lowest BCUT2D eigenvalue weighted by molar-refractivity contribution is -0.121. The lowest BCUT2D eigenvalue weighted by atomic mass is 10.1. The van der Waals surface area contributed by atoms with Crippen LogP contribution in [0.4, 0.5) is 5.69 Å². The van der Waals surface area contributed by atoms with E-state index in [4.69, 9.17) is 0 Å². The van der Waals surface area contributed by atoms with Gasteiger partial charge in [-0.05, 0) is 47.5 Å². The molecule has 1 amide bonds. The van der Waals surface area contributed by atoms with Crippen LogP contribution in [0.1, 0.15) is 12.5 Å². The molecule has 0 spiro atoms. The summed E-state index contributed by atoms with van der Waals surface area (Å²) >= 11 is 0. The average Bonchev–Trinajstić information content (AvgIpc) is 2.61. The van der Waals surface area contributed by atoms with Crippen molar-refractivity contribution in [2.45, 2.75) is 13.0 Å². The van der Waals surface area contributed by atoms with Gasteiger partial charge in [-0.2, -0.15) is 5.10 Å². The fraction of sp³-hybridized carbons (Fsp3) is 0.100. The molecule has 0 aliphatic heterocycles. The Bertz CT molecular complexity index is 921. The number of hydrogen-bond donors (Lipinski definition) is 3. The molecule has 5 nitrogen and oxygen atoms in total. The van der Waals surface area contributed by atoms with Gasteiger partial charge in [-0.15, -0.1) is 0 Å². The van der Waals surface area contributed by atoms with Crippen molar-refractivity contribution in [2.24, 2.45) is 5.10 Å². The standard InChI is InChI=1S/C20H19N3O2/c1-14(20(25)23-21-13-15-5-4-8-19(24)11-15)22-18-10-9-16-6-2-3-7-17(16)12-18/h2-14,22,24H,1H3,(H,23,25)/b21-13-/t14-/m1/s1. The Labute approximate surface area is 146 Å². The Kier molecular flexibility index (Phi) is 4.95. The monoisotopic (exact) mass is 333 g/mol. The number of benzene rings is 3. The molecule has 3 rings (SSSR count). The van der Waals surface area contributed by atoms with Crippen molar-refractivity contribution in [1.29, 1.82) is 0 Å². The third-order valence-corrected chi connectivity index (χ3v) is 3.78. The highest BCUT2D eigenvalue weighted by Crippen LogP contribution is 2.19. The Balaban J connectivity index is 1.59. The lowest BCUT2D eigenvalue weighted by Gasteiger charge is -2.14. The van der Waals surface area contributed by atoms with E-state index in [1.165, 1.54) is 6.21 Å². The predicted molar refractivity (Wildman–Crippen MR) is 101 cm³/mol. The van der Waals surface area contributed by atoms with Crippen LogP contribution in [0.2, 0.25) is 0 Å².